The summed E-state index contributed by atoms with van der Waals surface area (Å²) in [6.07, 6.45) is 13.8. The van der Waals surface area contributed by atoms with Crippen molar-refractivity contribution in [3.63, 3.8) is 0 Å². The lowest BCUT2D eigenvalue weighted by atomic mass is 9.47. The highest BCUT2D eigenvalue weighted by Gasteiger charge is 2.60. The standard InChI is InChI=1S/C30H39N3O2/c1-29-13-10-24-22(7-9-26-30(24,2)14-11-28(35)33(26)3)23(29)8-6-21(29)17-27(34)32-18-19-4-5-20-12-15-31-25(20)16-19/h4-5,11-12,14-16,21-24,26,31H,6-10,13,17-18H2,1-3H3,(H,32,34)/t21-,22+,23+,24+,26-,29-,30-/m1/s1. The van der Waals surface area contributed by atoms with Gasteiger partial charge in [0.2, 0.25) is 11.8 Å². The van der Waals surface area contributed by atoms with Gasteiger partial charge in [0.1, 0.15) is 0 Å². The van der Waals surface area contributed by atoms with Gasteiger partial charge in [-0.15, -0.1) is 0 Å². The van der Waals surface area contributed by atoms with E-state index in [9.17, 15) is 9.59 Å². The molecule has 5 heteroatoms. The molecule has 0 bridgehead atoms. The van der Waals surface area contributed by atoms with E-state index < -0.39 is 0 Å². The Morgan fingerprint density at radius 1 is 1.11 bits per heavy atom. The number of aromatic nitrogens is 1. The molecule has 4 aliphatic rings. The van der Waals surface area contributed by atoms with Gasteiger partial charge >= 0.3 is 0 Å². The summed E-state index contributed by atoms with van der Waals surface area (Å²) in [5, 5.41) is 4.40. The second kappa shape index (κ2) is 8.25. The Kier molecular flexibility index (Phi) is 5.39. The summed E-state index contributed by atoms with van der Waals surface area (Å²) in [6, 6.07) is 8.74. The van der Waals surface area contributed by atoms with E-state index in [-0.39, 0.29) is 22.6 Å². The Balaban J connectivity index is 1.12. The molecule has 2 heterocycles. The number of likely N-dealkylation sites (N-methyl/N-ethyl adjacent to an activating group) is 1. The summed E-state index contributed by atoms with van der Waals surface area (Å²) in [6.45, 7) is 5.48. The summed E-state index contributed by atoms with van der Waals surface area (Å²) in [4.78, 5) is 30.6. The molecular weight excluding hydrogens is 434 g/mol. The molecule has 2 amide bonds. The summed E-state index contributed by atoms with van der Waals surface area (Å²) in [5.41, 5.74) is 2.60. The van der Waals surface area contributed by atoms with Crippen LogP contribution in [0, 0.1) is 34.5 Å². The first kappa shape index (κ1) is 22.9. The number of H-pyrrole nitrogens is 1. The molecule has 3 saturated carbocycles. The van der Waals surface area contributed by atoms with Crippen molar-refractivity contribution in [1.29, 1.82) is 0 Å². The third-order valence-corrected chi connectivity index (χ3v) is 10.9. The highest BCUT2D eigenvalue weighted by molar-refractivity contribution is 5.89. The number of amides is 2. The minimum absolute atomic E-state index is 0.0859. The van der Waals surface area contributed by atoms with Crippen molar-refractivity contribution in [3.8, 4) is 0 Å². The van der Waals surface area contributed by atoms with Crippen LogP contribution in [0.25, 0.3) is 10.9 Å². The minimum Gasteiger partial charge on any atom is -0.361 e. The quantitative estimate of drug-likeness (QED) is 0.622. The number of aromatic amines is 1. The zero-order chi connectivity index (χ0) is 24.4. The molecule has 1 aromatic heterocycles. The summed E-state index contributed by atoms with van der Waals surface area (Å²) in [7, 11) is 1.99. The molecule has 186 valence electrons. The van der Waals surface area contributed by atoms with Crippen LogP contribution in [0.5, 0.6) is 0 Å². The third-order valence-electron chi connectivity index (χ3n) is 10.9. The molecule has 2 N–H and O–H groups in total. The number of hydrogen-bond donors (Lipinski definition) is 2. The molecule has 0 spiro atoms. The van der Waals surface area contributed by atoms with Gasteiger partial charge in [-0.25, -0.2) is 0 Å². The summed E-state index contributed by atoms with van der Waals surface area (Å²) >= 11 is 0. The average Bonchev–Trinajstić information content (AvgIpc) is 3.44. The van der Waals surface area contributed by atoms with Crippen LogP contribution in [0.2, 0.25) is 0 Å². The van der Waals surface area contributed by atoms with E-state index in [1.165, 1.54) is 37.5 Å². The van der Waals surface area contributed by atoms with Gasteiger partial charge in [0.15, 0.2) is 0 Å². The van der Waals surface area contributed by atoms with Crippen molar-refractivity contribution in [2.45, 2.75) is 71.4 Å². The normalized spacial score (nSPS) is 38.2. The number of carbonyl (C=O) groups is 2. The molecule has 7 atom stereocenters. The number of benzene rings is 1. The summed E-state index contributed by atoms with van der Waals surface area (Å²) < 4.78 is 0. The first-order valence-electron chi connectivity index (χ1n) is 13.6. The average molecular weight is 474 g/mol. The minimum atomic E-state index is 0.0859. The number of carbonyl (C=O) groups excluding carboxylic acids is 2. The molecular formula is C30H39N3O2. The fourth-order valence-electron chi connectivity index (χ4n) is 8.88. The van der Waals surface area contributed by atoms with E-state index in [1.54, 1.807) is 0 Å². The maximum Gasteiger partial charge on any atom is 0.246 e. The summed E-state index contributed by atoms with van der Waals surface area (Å²) in [5.74, 6) is 2.87. The van der Waals surface area contributed by atoms with Gasteiger partial charge in [0.25, 0.3) is 0 Å². The zero-order valence-electron chi connectivity index (χ0n) is 21.3. The highest BCUT2D eigenvalue weighted by atomic mass is 16.2. The molecule has 3 fully saturated rings. The number of nitrogens with one attached hydrogen (secondary N) is 2. The number of nitrogens with zero attached hydrogens (tertiary/aromatic N) is 1. The first-order chi connectivity index (χ1) is 16.8. The second-order valence-corrected chi connectivity index (χ2v) is 12.3. The lowest BCUT2D eigenvalue weighted by molar-refractivity contribution is -0.139. The fraction of sp³-hybridized carbons (Fsp3) is 0.600. The second-order valence-electron chi connectivity index (χ2n) is 12.3. The molecule has 1 aromatic carbocycles. The molecule has 0 unspecified atom stereocenters. The van der Waals surface area contributed by atoms with Gasteiger partial charge in [0, 0.05) is 43.2 Å². The van der Waals surface area contributed by atoms with Crippen molar-refractivity contribution >= 4 is 22.7 Å². The molecule has 6 rings (SSSR count). The van der Waals surface area contributed by atoms with Gasteiger partial charge in [-0.1, -0.05) is 32.1 Å². The Labute approximate surface area is 208 Å². The molecule has 3 aliphatic carbocycles. The number of hydrogen-bond acceptors (Lipinski definition) is 2. The molecule has 1 aliphatic heterocycles. The Morgan fingerprint density at radius 2 is 1.97 bits per heavy atom. The molecule has 2 aromatic rings. The lowest BCUT2D eigenvalue weighted by Gasteiger charge is -2.60. The third kappa shape index (κ3) is 3.56. The van der Waals surface area contributed by atoms with Crippen LogP contribution in [-0.4, -0.2) is 34.8 Å². The first-order valence-corrected chi connectivity index (χ1v) is 13.6. The molecule has 35 heavy (non-hydrogen) atoms. The Hall–Kier alpha value is -2.56. The van der Waals surface area contributed by atoms with Crippen LogP contribution in [0.3, 0.4) is 0 Å². The monoisotopic (exact) mass is 473 g/mol. The van der Waals surface area contributed by atoms with Gasteiger partial charge in [0.05, 0.1) is 0 Å². The van der Waals surface area contributed by atoms with Crippen molar-refractivity contribution in [3.05, 3.63) is 48.2 Å². The van der Waals surface area contributed by atoms with Crippen molar-refractivity contribution < 1.29 is 9.59 Å². The highest BCUT2D eigenvalue weighted by Crippen LogP contribution is 2.65. The van der Waals surface area contributed by atoms with Gasteiger partial charge in [-0.05, 0) is 96.8 Å². The molecule has 0 radical (unpaired) electrons. The SMILES string of the molecule is CN1C(=O)C=C[C@]2(C)[C@H]3CC[C@]4(C)[C@@H](CC(=O)NCc5ccc6cc[nH]c6c5)CC[C@H]4[C@@H]3CC[C@@H]12. The van der Waals surface area contributed by atoms with Crippen molar-refractivity contribution in [2.24, 2.45) is 34.5 Å². The molecule has 5 nitrogen and oxygen atoms in total. The Morgan fingerprint density at radius 3 is 2.83 bits per heavy atom. The van der Waals surface area contributed by atoms with Crippen LogP contribution in [-0.2, 0) is 16.1 Å². The van der Waals surface area contributed by atoms with Gasteiger partial charge < -0.3 is 15.2 Å². The topological polar surface area (TPSA) is 65.2 Å². The van der Waals surface area contributed by atoms with Crippen LogP contribution in [0.1, 0.15) is 64.4 Å². The van der Waals surface area contributed by atoms with E-state index in [0.717, 1.165) is 17.5 Å². The van der Waals surface area contributed by atoms with Gasteiger partial charge in [-0.2, -0.15) is 0 Å². The smallest absolute Gasteiger partial charge is 0.246 e. The predicted octanol–water partition coefficient (Wildman–Crippen LogP) is 5.43. The van der Waals surface area contributed by atoms with E-state index in [4.69, 9.17) is 0 Å². The van der Waals surface area contributed by atoms with Crippen molar-refractivity contribution in [1.82, 2.24) is 15.2 Å². The van der Waals surface area contributed by atoms with Crippen LogP contribution in [0.15, 0.2) is 42.6 Å². The number of fused-ring (bicyclic) bond motifs is 6. The van der Waals surface area contributed by atoms with Gasteiger partial charge in [-0.3, -0.25) is 9.59 Å². The zero-order valence-corrected chi connectivity index (χ0v) is 21.3. The van der Waals surface area contributed by atoms with Crippen LogP contribution >= 0.6 is 0 Å². The van der Waals surface area contributed by atoms with E-state index in [1.807, 2.05) is 24.2 Å². The van der Waals surface area contributed by atoms with Crippen molar-refractivity contribution in [2.75, 3.05) is 7.05 Å². The lowest BCUT2D eigenvalue weighted by Crippen LogP contribution is -2.59. The Bertz CT molecular complexity index is 1180. The fourth-order valence-corrected chi connectivity index (χ4v) is 8.88. The van der Waals surface area contributed by atoms with E-state index in [2.05, 4.69) is 54.5 Å². The predicted molar refractivity (Wildman–Crippen MR) is 138 cm³/mol. The number of rotatable bonds is 4. The maximum absolute atomic E-state index is 13.0. The van der Waals surface area contributed by atoms with E-state index in [0.29, 0.717) is 42.7 Å². The maximum atomic E-state index is 13.0. The van der Waals surface area contributed by atoms with Crippen LogP contribution < -0.4 is 5.32 Å². The van der Waals surface area contributed by atoms with Crippen LogP contribution in [0.4, 0.5) is 0 Å². The largest absolute Gasteiger partial charge is 0.361 e. The van der Waals surface area contributed by atoms with E-state index >= 15 is 0 Å². The molecule has 0 saturated heterocycles.